The number of ether oxygens (including phenoxy) is 1. The lowest BCUT2D eigenvalue weighted by molar-refractivity contribution is -0.385. The SMILES string of the molecule is CCCN(CC(=O)O)c1ccc([N+](=O)[O-])c(C(=O)OCC)c1. The van der Waals surface area contributed by atoms with Crippen molar-refractivity contribution in [1.29, 1.82) is 0 Å². The van der Waals surface area contributed by atoms with Gasteiger partial charge in [-0.1, -0.05) is 6.92 Å². The maximum Gasteiger partial charge on any atom is 0.345 e. The Labute approximate surface area is 127 Å². The van der Waals surface area contributed by atoms with E-state index >= 15 is 0 Å². The van der Waals surface area contributed by atoms with Crippen LogP contribution in [0.1, 0.15) is 30.6 Å². The Balaban J connectivity index is 3.26. The zero-order chi connectivity index (χ0) is 16.7. The minimum Gasteiger partial charge on any atom is -0.480 e. The van der Waals surface area contributed by atoms with Crippen molar-refractivity contribution in [2.75, 3.05) is 24.6 Å². The van der Waals surface area contributed by atoms with Crippen LogP contribution in [-0.4, -0.2) is 41.7 Å². The van der Waals surface area contributed by atoms with E-state index in [0.29, 0.717) is 18.7 Å². The van der Waals surface area contributed by atoms with Crippen LogP contribution in [0.2, 0.25) is 0 Å². The van der Waals surface area contributed by atoms with Gasteiger partial charge in [0.1, 0.15) is 12.1 Å². The highest BCUT2D eigenvalue weighted by Gasteiger charge is 2.23. The van der Waals surface area contributed by atoms with Gasteiger partial charge in [-0.05, 0) is 25.5 Å². The molecule has 0 saturated heterocycles. The Morgan fingerprint density at radius 3 is 2.55 bits per heavy atom. The summed E-state index contributed by atoms with van der Waals surface area (Å²) in [6.45, 7) is 3.77. The number of rotatable bonds is 8. The molecule has 1 rings (SSSR count). The van der Waals surface area contributed by atoms with Crippen molar-refractivity contribution in [1.82, 2.24) is 0 Å². The van der Waals surface area contributed by atoms with E-state index in [9.17, 15) is 19.7 Å². The maximum absolute atomic E-state index is 11.9. The third-order valence-corrected chi connectivity index (χ3v) is 2.86. The van der Waals surface area contributed by atoms with Gasteiger partial charge in [0.25, 0.3) is 5.69 Å². The highest BCUT2D eigenvalue weighted by Crippen LogP contribution is 2.26. The molecule has 0 aromatic heterocycles. The number of carbonyl (C=O) groups excluding carboxylic acids is 1. The molecule has 0 heterocycles. The summed E-state index contributed by atoms with van der Waals surface area (Å²) in [5, 5.41) is 19.9. The fourth-order valence-corrected chi connectivity index (χ4v) is 1.98. The van der Waals surface area contributed by atoms with Crippen molar-refractivity contribution >= 4 is 23.3 Å². The summed E-state index contributed by atoms with van der Waals surface area (Å²) in [4.78, 5) is 34.6. The van der Waals surface area contributed by atoms with E-state index in [1.807, 2.05) is 6.92 Å². The number of nitro groups is 1. The number of nitro benzene ring substituents is 1. The normalized spacial score (nSPS) is 10.1. The number of hydrogen-bond donors (Lipinski definition) is 1. The number of esters is 1. The zero-order valence-electron chi connectivity index (χ0n) is 12.4. The molecule has 0 saturated carbocycles. The molecule has 0 aliphatic rings. The van der Waals surface area contributed by atoms with Gasteiger partial charge in [-0.25, -0.2) is 4.79 Å². The molecule has 0 spiro atoms. The van der Waals surface area contributed by atoms with Crippen molar-refractivity contribution in [2.45, 2.75) is 20.3 Å². The van der Waals surface area contributed by atoms with Crippen LogP contribution in [0.25, 0.3) is 0 Å². The monoisotopic (exact) mass is 310 g/mol. The first-order valence-corrected chi connectivity index (χ1v) is 6.83. The Hall–Kier alpha value is -2.64. The molecule has 0 bridgehead atoms. The van der Waals surface area contributed by atoms with Gasteiger partial charge < -0.3 is 14.7 Å². The number of benzene rings is 1. The second-order valence-corrected chi connectivity index (χ2v) is 4.49. The number of carbonyl (C=O) groups is 2. The van der Waals surface area contributed by atoms with E-state index in [1.165, 1.54) is 23.1 Å². The molecule has 0 amide bonds. The van der Waals surface area contributed by atoms with Crippen LogP contribution in [-0.2, 0) is 9.53 Å². The van der Waals surface area contributed by atoms with Crippen molar-refractivity contribution in [3.8, 4) is 0 Å². The molecule has 0 aliphatic heterocycles. The van der Waals surface area contributed by atoms with E-state index in [1.54, 1.807) is 6.92 Å². The van der Waals surface area contributed by atoms with E-state index in [4.69, 9.17) is 9.84 Å². The van der Waals surface area contributed by atoms with E-state index < -0.39 is 16.9 Å². The van der Waals surface area contributed by atoms with Crippen molar-refractivity contribution < 1.29 is 24.4 Å². The second-order valence-electron chi connectivity index (χ2n) is 4.49. The van der Waals surface area contributed by atoms with Crippen molar-refractivity contribution in [3.05, 3.63) is 33.9 Å². The number of carboxylic acids is 1. The zero-order valence-corrected chi connectivity index (χ0v) is 12.4. The summed E-state index contributed by atoms with van der Waals surface area (Å²) in [5.41, 5.74) is -0.122. The van der Waals surface area contributed by atoms with Gasteiger partial charge in [0.15, 0.2) is 0 Å². The molecule has 0 aliphatic carbocycles. The summed E-state index contributed by atoms with van der Waals surface area (Å²) in [5.74, 6) is -1.83. The van der Waals surface area contributed by atoms with E-state index in [0.717, 1.165) is 0 Å². The third-order valence-electron chi connectivity index (χ3n) is 2.86. The summed E-state index contributed by atoms with van der Waals surface area (Å²) >= 11 is 0. The molecule has 1 N–H and O–H groups in total. The summed E-state index contributed by atoms with van der Waals surface area (Å²) in [6.07, 6.45) is 0.693. The minimum absolute atomic E-state index is 0.0913. The molecule has 0 unspecified atom stereocenters. The standard InChI is InChI=1S/C14H18N2O6/c1-3-7-15(9-13(17)18)10-5-6-12(16(20)21)11(8-10)14(19)22-4-2/h5-6,8H,3-4,7,9H2,1-2H3,(H,17,18). The first-order chi connectivity index (χ1) is 10.4. The predicted molar refractivity (Wildman–Crippen MR) is 79.2 cm³/mol. The summed E-state index contributed by atoms with van der Waals surface area (Å²) < 4.78 is 4.82. The molecule has 1 aromatic carbocycles. The van der Waals surface area contributed by atoms with Crippen LogP contribution in [0, 0.1) is 10.1 Å². The Bertz CT molecular complexity index is 572. The molecular formula is C14H18N2O6. The molecule has 120 valence electrons. The molecular weight excluding hydrogens is 292 g/mol. The molecule has 0 radical (unpaired) electrons. The lowest BCUT2D eigenvalue weighted by Crippen LogP contribution is -2.30. The average Bonchev–Trinajstić information content (AvgIpc) is 2.46. The lowest BCUT2D eigenvalue weighted by atomic mass is 10.1. The van der Waals surface area contributed by atoms with Crippen LogP contribution in [0.5, 0.6) is 0 Å². The van der Waals surface area contributed by atoms with Gasteiger partial charge >= 0.3 is 11.9 Å². The third kappa shape index (κ3) is 4.44. The summed E-state index contributed by atoms with van der Waals surface area (Å²) in [7, 11) is 0. The fourth-order valence-electron chi connectivity index (χ4n) is 1.98. The first kappa shape index (κ1) is 17.4. The van der Waals surface area contributed by atoms with Crippen LogP contribution in [0.4, 0.5) is 11.4 Å². The topological polar surface area (TPSA) is 110 Å². The number of nitrogens with zero attached hydrogens (tertiary/aromatic N) is 2. The Morgan fingerprint density at radius 2 is 2.05 bits per heavy atom. The van der Waals surface area contributed by atoms with Gasteiger partial charge in [0, 0.05) is 18.3 Å². The maximum atomic E-state index is 11.9. The van der Waals surface area contributed by atoms with Gasteiger partial charge in [0.05, 0.1) is 11.5 Å². The van der Waals surface area contributed by atoms with E-state index in [-0.39, 0.29) is 24.4 Å². The smallest absolute Gasteiger partial charge is 0.345 e. The predicted octanol–water partition coefficient (Wildman–Crippen LogP) is 2.07. The van der Waals surface area contributed by atoms with Gasteiger partial charge in [0.2, 0.25) is 0 Å². The largest absolute Gasteiger partial charge is 0.480 e. The highest BCUT2D eigenvalue weighted by atomic mass is 16.6. The molecule has 8 nitrogen and oxygen atoms in total. The second kappa shape index (κ2) is 7.96. The Morgan fingerprint density at radius 1 is 1.36 bits per heavy atom. The molecule has 0 atom stereocenters. The number of carboxylic acid groups (broad SMARTS) is 1. The van der Waals surface area contributed by atoms with Crippen LogP contribution < -0.4 is 4.90 Å². The molecule has 22 heavy (non-hydrogen) atoms. The minimum atomic E-state index is -1.02. The number of anilines is 1. The van der Waals surface area contributed by atoms with Gasteiger partial charge in [-0.2, -0.15) is 0 Å². The molecule has 8 heteroatoms. The number of aliphatic carboxylic acids is 1. The van der Waals surface area contributed by atoms with Crippen LogP contribution in [0.15, 0.2) is 18.2 Å². The van der Waals surface area contributed by atoms with Gasteiger partial charge in [-0.3, -0.25) is 14.9 Å². The Kier molecular flexibility index (Phi) is 6.30. The highest BCUT2D eigenvalue weighted by molar-refractivity contribution is 5.95. The first-order valence-electron chi connectivity index (χ1n) is 6.83. The van der Waals surface area contributed by atoms with Crippen LogP contribution in [0.3, 0.4) is 0 Å². The van der Waals surface area contributed by atoms with Gasteiger partial charge in [-0.15, -0.1) is 0 Å². The molecule has 1 aromatic rings. The average molecular weight is 310 g/mol. The van der Waals surface area contributed by atoms with Crippen molar-refractivity contribution in [2.24, 2.45) is 0 Å². The molecule has 0 fully saturated rings. The van der Waals surface area contributed by atoms with E-state index in [2.05, 4.69) is 0 Å². The number of hydrogen-bond acceptors (Lipinski definition) is 6. The summed E-state index contributed by atoms with van der Waals surface area (Å²) in [6, 6.07) is 3.92. The van der Waals surface area contributed by atoms with Crippen molar-refractivity contribution in [3.63, 3.8) is 0 Å². The van der Waals surface area contributed by atoms with Crippen LogP contribution >= 0.6 is 0 Å². The quantitative estimate of drug-likeness (QED) is 0.444. The lowest BCUT2D eigenvalue weighted by Gasteiger charge is -2.22. The fraction of sp³-hybridized carbons (Fsp3) is 0.429.